The van der Waals surface area contributed by atoms with Gasteiger partial charge in [-0.25, -0.2) is 26.7 Å². The van der Waals surface area contributed by atoms with Crippen LogP contribution in [0.5, 0.6) is 0 Å². The van der Waals surface area contributed by atoms with Crippen molar-refractivity contribution in [1.29, 1.82) is 0 Å². The smallest absolute Gasteiger partial charge is 0.256 e. The van der Waals surface area contributed by atoms with Crippen LogP contribution in [0.15, 0.2) is 24.3 Å². The van der Waals surface area contributed by atoms with Crippen LogP contribution in [0.1, 0.15) is 71.5 Å². The van der Waals surface area contributed by atoms with Crippen LogP contribution in [0.3, 0.4) is 0 Å². The normalized spacial score (nSPS) is 18.9. The largest absolute Gasteiger partial charge is 0.330 e. The number of amides is 1. The van der Waals surface area contributed by atoms with Crippen LogP contribution in [0.2, 0.25) is 0 Å². The Hall–Kier alpha value is -3.08. The molecule has 1 aliphatic heterocycles. The van der Waals surface area contributed by atoms with Crippen molar-refractivity contribution in [2.45, 2.75) is 51.0 Å². The SMILES string of the molecule is Cc1cc(C2CC2)nc2cc(C3CCCCN3C(=O)c3cc(F)c(F)cc3NS(C)(=O)=O)nn12. The molecule has 3 aromatic rings. The first-order valence-electron chi connectivity index (χ1n) is 11.3. The summed E-state index contributed by atoms with van der Waals surface area (Å²) in [6.07, 6.45) is 5.39. The Morgan fingerprint density at radius 2 is 1.79 bits per heavy atom. The monoisotopic (exact) mass is 489 g/mol. The molecule has 3 heterocycles. The lowest BCUT2D eigenvalue weighted by molar-refractivity contribution is 0.0606. The lowest BCUT2D eigenvalue weighted by Gasteiger charge is -2.35. The van der Waals surface area contributed by atoms with Crippen LogP contribution in [0.25, 0.3) is 5.65 Å². The Balaban J connectivity index is 1.53. The number of hydrogen-bond acceptors (Lipinski definition) is 5. The minimum atomic E-state index is -3.82. The number of hydrogen-bond donors (Lipinski definition) is 1. The van der Waals surface area contributed by atoms with Gasteiger partial charge < -0.3 is 4.90 Å². The number of rotatable bonds is 5. The van der Waals surface area contributed by atoms with Gasteiger partial charge in [0.2, 0.25) is 10.0 Å². The summed E-state index contributed by atoms with van der Waals surface area (Å²) in [6.45, 7) is 2.35. The van der Waals surface area contributed by atoms with E-state index in [2.05, 4.69) is 4.72 Å². The van der Waals surface area contributed by atoms with Crippen LogP contribution in [-0.2, 0) is 10.0 Å². The highest BCUT2D eigenvalue weighted by molar-refractivity contribution is 7.92. The van der Waals surface area contributed by atoms with Crippen molar-refractivity contribution in [1.82, 2.24) is 19.5 Å². The van der Waals surface area contributed by atoms with E-state index >= 15 is 0 Å². The summed E-state index contributed by atoms with van der Waals surface area (Å²) in [4.78, 5) is 19.8. The molecule has 1 aromatic carbocycles. The van der Waals surface area contributed by atoms with E-state index < -0.39 is 33.6 Å². The van der Waals surface area contributed by atoms with Crippen LogP contribution in [0.4, 0.5) is 14.5 Å². The Kier molecular flexibility index (Phi) is 5.54. The maximum Gasteiger partial charge on any atom is 0.256 e. The molecule has 2 fully saturated rings. The fraction of sp³-hybridized carbons (Fsp3) is 0.435. The number of carbonyl (C=O) groups is 1. The van der Waals surface area contributed by atoms with Gasteiger partial charge in [0.05, 0.1) is 29.2 Å². The lowest BCUT2D eigenvalue weighted by atomic mass is 9.98. The van der Waals surface area contributed by atoms with Gasteiger partial charge in [0, 0.05) is 36.0 Å². The first-order chi connectivity index (χ1) is 16.1. The molecule has 1 N–H and O–H groups in total. The standard InChI is InChI=1S/C23H25F2N5O3S/c1-13-9-18(14-6-7-14)26-22-12-20(27-30(13)22)21-5-3-4-8-29(21)23(31)15-10-16(24)17(25)11-19(15)28-34(2,32)33/h9-12,14,21,28H,3-8H2,1-2H3. The van der Waals surface area contributed by atoms with Crippen molar-refractivity contribution in [2.75, 3.05) is 17.5 Å². The van der Waals surface area contributed by atoms with Gasteiger partial charge in [-0.2, -0.15) is 5.10 Å². The molecule has 34 heavy (non-hydrogen) atoms. The van der Waals surface area contributed by atoms with Gasteiger partial charge in [0.1, 0.15) is 0 Å². The molecule has 8 nitrogen and oxygen atoms in total. The van der Waals surface area contributed by atoms with E-state index in [1.807, 2.05) is 19.1 Å². The third-order valence-electron chi connectivity index (χ3n) is 6.33. The fourth-order valence-electron chi connectivity index (χ4n) is 4.56. The van der Waals surface area contributed by atoms with Gasteiger partial charge >= 0.3 is 0 Å². The summed E-state index contributed by atoms with van der Waals surface area (Å²) in [6, 6.07) is 4.95. The Labute approximate surface area is 196 Å². The average Bonchev–Trinajstić information content (AvgIpc) is 3.53. The summed E-state index contributed by atoms with van der Waals surface area (Å²) < 4.78 is 55.4. The number of fused-ring (bicyclic) bond motifs is 1. The van der Waals surface area contributed by atoms with Crippen molar-refractivity contribution in [3.63, 3.8) is 0 Å². The molecule has 180 valence electrons. The maximum atomic E-state index is 14.1. The molecule has 5 rings (SSSR count). The minimum absolute atomic E-state index is 0.245. The van der Waals surface area contributed by atoms with Crippen LogP contribution < -0.4 is 4.72 Å². The molecule has 1 unspecified atom stereocenters. The van der Waals surface area contributed by atoms with Crippen molar-refractivity contribution in [2.24, 2.45) is 0 Å². The Morgan fingerprint density at radius 3 is 2.50 bits per heavy atom. The molecule has 2 aliphatic rings. The van der Waals surface area contributed by atoms with E-state index in [1.54, 1.807) is 9.42 Å². The molecule has 0 radical (unpaired) electrons. The van der Waals surface area contributed by atoms with E-state index in [0.717, 1.165) is 49.4 Å². The third-order valence-corrected chi connectivity index (χ3v) is 6.92. The van der Waals surface area contributed by atoms with E-state index in [4.69, 9.17) is 10.1 Å². The average molecular weight is 490 g/mol. The quantitative estimate of drug-likeness (QED) is 0.586. The van der Waals surface area contributed by atoms with Gasteiger partial charge in [0.15, 0.2) is 17.3 Å². The number of nitrogens with one attached hydrogen (secondary N) is 1. The predicted octanol–water partition coefficient (Wildman–Crippen LogP) is 3.93. The van der Waals surface area contributed by atoms with Gasteiger partial charge in [-0.15, -0.1) is 0 Å². The lowest BCUT2D eigenvalue weighted by Crippen LogP contribution is -2.39. The molecular formula is C23H25F2N5O3S. The number of benzene rings is 1. The number of sulfonamides is 1. The van der Waals surface area contributed by atoms with Crippen molar-refractivity contribution in [3.8, 4) is 0 Å². The minimum Gasteiger partial charge on any atom is -0.330 e. The topological polar surface area (TPSA) is 96.7 Å². The molecule has 1 saturated carbocycles. The summed E-state index contributed by atoms with van der Waals surface area (Å²) in [7, 11) is -3.82. The Morgan fingerprint density at radius 1 is 1.06 bits per heavy atom. The molecule has 0 bridgehead atoms. The summed E-state index contributed by atoms with van der Waals surface area (Å²) in [5.41, 5.74) is 2.83. The summed E-state index contributed by atoms with van der Waals surface area (Å²) in [5.74, 6) is -2.57. The first-order valence-corrected chi connectivity index (χ1v) is 13.1. The molecule has 0 spiro atoms. The molecule has 1 aliphatic carbocycles. The number of aromatic nitrogens is 3. The molecule has 1 amide bonds. The third kappa shape index (κ3) is 4.36. The fourth-order valence-corrected chi connectivity index (χ4v) is 5.13. The Bertz CT molecular complexity index is 1400. The van der Waals surface area contributed by atoms with E-state index in [0.29, 0.717) is 36.3 Å². The summed E-state index contributed by atoms with van der Waals surface area (Å²) >= 11 is 0. The second-order valence-electron chi connectivity index (χ2n) is 9.13. The van der Waals surface area contributed by atoms with Gasteiger partial charge in [-0.3, -0.25) is 9.52 Å². The maximum absolute atomic E-state index is 14.1. The number of nitrogens with zero attached hydrogens (tertiary/aromatic N) is 4. The first kappa shape index (κ1) is 22.7. The summed E-state index contributed by atoms with van der Waals surface area (Å²) in [5, 5.41) is 4.71. The highest BCUT2D eigenvalue weighted by Gasteiger charge is 2.33. The molecule has 1 atom stereocenters. The van der Waals surface area contributed by atoms with Crippen molar-refractivity contribution in [3.05, 3.63) is 58.5 Å². The zero-order valence-electron chi connectivity index (χ0n) is 18.9. The van der Waals surface area contributed by atoms with Gasteiger partial charge in [0.25, 0.3) is 5.91 Å². The second kappa shape index (κ2) is 8.30. The number of carbonyl (C=O) groups excluding carboxylic acids is 1. The molecule has 1 saturated heterocycles. The van der Waals surface area contributed by atoms with E-state index in [-0.39, 0.29) is 11.3 Å². The van der Waals surface area contributed by atoms with Crippen LogP contribution >= 0.6 is 0 Å². The van der Waals surface area contributed by atoms with Gasteiger partial charge in [-0.1, -0.05) is 0 Å². The molecular weight excluding hydrogens is 464 g/mol. The van der Waals surface area contributed by atoms with Gasteiger partial charge in [-0.05, 0) is 51.2 Å². The highest BCUT2D eigenvalue weighted by Crippen LogP contribution is 2.40. The van der Waals surface area contributed by atoms with Crippen LogP contribution in [-0.4, -0.2) is 46.6 Å². The number of anilines is 1. The molecule has 11 heteroatoms. The number of halogens is 2. The zero-order chi connectivity index (χ0) is 24.2. The second-order valence-corrected chi connectivity index (χ2v) is 10.9. The van der Waals surface area contributed by atoms with Crippen LogP contribution in [0, 0.1) is 18.6 Å². The van der Waals surface area contributed by atoms with E-state index in [1.165, 1.54) is 0 Å². The number of piperidine rings is 1. The van der Waals surface area contributed by atoms with Crippen molar-refractivity contribution < 1.29 is 22.0 Å². The number of aryl methyl sites for hydroxylation is 1. The van der Waals surface area contributed by atoms with Crippen molar-refractivity contribution >= 4 is 27.3 Å². The highest BCUT2D eigenvalue weighted by atomic mass is 32.2. The zero-order valence-corrected chi connectivity index (χ0v) is 19.7. The predicted molar refractivity (Wildman–Crippen MR) is 122 cm³/mol. The van der Waals surface area contributed by atoms with E-state index in [9.17, 15) is 22.0 Å². The number of likely N-dealkylation sites (tertiary alicyclic amines) is 1. The molecule has 2 aromatic heterocycles.